The Hall–Kier alpha value is -2.38. The van der Waals surface area contributed by atoms with E-state index in [0.717, 1.165) is 52.0 Å². The third-order valence-corrected chi connectivity index (χ3v) is 7.80. The van der Waals surface area contributed by atoms with Gasteiger partial charge in [-0.25, -0.2) is 0 Å². The summed E-state index contributed by atoms with van der Waals surface area (Å²) in [4.78, 5) is 33.3. The van der Waals surface area contributed by atoms with Crippen molar-refractivity contribution in [2.24, 2.45) is 0 Å². The minimum absolute atomic E-state index is 0.0341. The summed E-state index contributed by atoms with van der Waals surface area (Å²) in [5.74, 6) is 0.717. The number of hydrogen-bond acceptors (Lipinski definition) is 5. The van der Waals surface area contributed by atoms with E-state index >= 15 is 0 Å². The molecule has 0 bridgehead atoms. The Balaban J connectivity index is 1.22. The standard InChI is InChI=1S/C26H35N3O3S/c1-20-5-3-6-21(2)29(20)25(30)19-32-23-10-8-22(9-11-23)26(31)28-16-14-27(15-17-28)13-12-24-7-4-18-33-24/h4,7-11,18,20-21H,3,5-6,12-17,19H2,1-2H3. The van der Waals surface area contributed by atoms with Gasteiger partial charge in [0.15, 0.2) is 6.61 Å². The number of nitrogens with zero attached hydrogens (tertiary/aromatic N) is 3. The fourth-order valence-electron chi connectivity index (χ4n) is 4.91. The predicted molar refractivity (Wildman–Crippen MR) is 132 cm³/mol. The summed E-state index contributed by atoms with van der Waals surface area (Å²) in [6.45, 7) is 8.62. The zero-order chi connectivity index (χ0) is 23.2. The van der Waals surface area contributed by atoms with Crippen LogP contribution in [0.2, 0.25) is 0 Å². The lowest BCUT2D eigenvalue weighted by atomic mass is 9.97. The van der Waals surface area contributed by atoms with Gasteiger partial charge in [0.05, 0.1) is 0 Å². The van der Waals surface area contributed by atoms with Crippen molar-refractivity contribution in [1.29, 1.82) is 0 Å². The Kier molecular flexibility index (Phi) is 8.04. The molecule has 7 heteroatoms. The molecule has 0 N–H and O–H groups in total. The smallest absolute Gasteiger partial charge is 0.260 e. The zero-order valence-corrected chi connectivity index (χ0v) is 20.6. The van der Waals surface area contributed by atoms with Gasteiger partial charge in [0, 0.05) is 55.2 Å². The molecule has 1 aromatic heterocycles. The molecule has 3 heterocycles. The van der Waals surface area contributed by atoms with Crippen molar-refractivity contribution >= 4 is 23.2 Å². The summed E-state index contributed by atoms with van der Waals surface area (Å²) >= 11 is 1.81. The average Bonchev–Trinajstić information content (AvgIpc) is 3.35. The molecule has 178 valence electrons. The normalized spacial score (nSPS) is 21.8. The number of ether oxygens (including phenoxy) is 1. The minimum Gasteiger partial charge on any atom is -0.484 e. The lowest BCUT2D eigenvalue weighted by molar-refractivity contribution is -0.139. The number of amides is 2. The molecule has 0 aliphatic carbocycles. The number of hydrogen-bond donors (Lipinski definition) is 0. The largest absolute Gasteiger partial charge is 0.484 e. The molecule has 2 unspecified atom stereocenters. The number of piperidine rings is 1. The maximum Gasteiger partial charge on any atom is 0.260 e. The van der Waals surface area contributed by atoms with Crippen LogP contribution in [-0.2, 0) is 11.2 Å². The highest BCUT2D eigenvalue weighted by molar-refractivity contribution is 7.09. The number of piperazine rings is 1. The van der Waals surface area contributed by atoms with E-state index in [4.69, 9.17) is 4.74 Å². The monoisotopic (exact) mass is 469 g/mol. The van der Waals surface area contributed by atoms with Gasteiger partial charge in [-0.15, -0.1) is 11.3 Å². The van der Waals surface area contributed by atoms with Crippen molar-refractivity contribution in [3.8, 4) is 5.75 Å². The van der Waals surface area contributed by atoms with Gasteiger partial charge in [0.2, 0.25) is 0 Å². The molecule has 2 atom stereocenters. The van der Waals surface area contributed by atoms with Gasteiger partial charge in [-0.05, 0) is 75.2 Å². The van der Waals surface area contributed by atoms with Crippen LogP contribution >= 0.6 is 11.3 Å². The van der Waals surface area contributed by atoms with E-state index in [-0.39, 0.29) is 30.5 Å². The molecule has 0 spiro atoms. The highest BCUT2D eigenvalue weighted by Crippen LogP contribution is 2.23. The van der Waals surface area contributed by atoms with Gasteiger partial charge >= 0.3 is 0 Å². The van der Waals surface area contributed by atoms with Crippen molar-refractivity contribution < 1.29 is 14.3 Å². The molecule has 0 saturated carbocycles. The van der Waals surface area contributed by atoms with Crippen molar-refractivity contribution in [1.82, 2.24) is 14.7 Å². The van der Waals surface area contributed by atoms with E-state index in [2.05, 4.69) is 36.3 Å². The molecular formula is C26H35N3O3S. The van der Waals surface area contributed by atoms with Gasteiger partial charge in [-0.2, -0.15) is 0 Å². The van der Waals surface area contributed by atoms with Crippen molar-refractivity contribution in [2.45, 2.75) is 51.6 Å². The first-order chi connectivity index (χ1) is 16.0. The van der Waals surface area contributed by atoms with Crippen LogP contribution in [0.3, 0.4) is 0 Å². The number of carbonyl (C=O) groups is 2. The second kappa shape index (κ2) is 11.2. The van der Waals surface area contributed by atoms with Crippen molar-refractivity contribution in [2.75, 3.05) is 39.3 Å². The molecule has 2 amide bonds. The fourth-order valence-corrected chi connectivity index (χ4v) is 5.60. The second-order valence-corrected chi connectivity index (χ2v) is 10.2. The van der Waals surface area contributed by atoms with Crippen LogP contribution in [0.5, 0.6) is 5.75 Å². The SMILES string of the molecule is CC1CCCC(C)N1C(=O)COc1ccc(C(=O)N2CCN(CCc3cccs3)CC2)cc1. The van der Waals surface area contributed by atoms with E-state index in [1.54, 1.807) is 35.6 Å². The van der Waals surface area contributed by atoms with Gasteiger partial charge in [0.1, 0.15) is 5.75 Å². The molecule has 0 radical (unpaired) electrons. The van der Waals surface area contributed by atoms with Gasteiger partial charge in [0.25, 0.3) is 11.8 Å². The number of thiophene rings is 1. The lowest BCUT2D eigenvalue weighted by Crippen LogP contribution is -2.49. The maximum absolute atomic E-state index is 12.9. The van der Waals surface area contributed by atoms with Gasteiger partial charge < -0.3 is 14.5 Å². The molecule has 2 aliphatic heterocycles. The molecule has 1 aromatic carbocycles. The lowest BCUT2D eigenvalue weighted by Gasteiger charge is -2.39. The Bertz CT molecular complexity index is 897. The number of benzene rings is 1. The van der Waals surface area contributed by atoms with Crippen LogP contribution in [0.25, 0.3) is 0 Å². The highest BCUT2D eigenvalue weighted by atomic mass is 32.1. The summed E-state index contributed by atoms with van der Waals surface area (Å²) in [5.41, 5.74) is 0.666. The van der Waals surface area contributed by atoms with Crippen LogP contribution in [0, 0.1) is 0 Å². The van der Waals surface area contributed by atoms with Crippen LogP contribution in [0.1, 0.15) is 48.3 Å². The second-order valence-electron chi connectivity index (χ2n) is 9.21. The van der Waals surface area contributed by atoms with Crippen molar-refractivity contribution in [3.63, 3.8) is 0 Å². The van der Waals surface area contributed by atoms with Gasteiger partial charge in [-0.1, -0.05) is 6.07 Å². The third-order valence-electron chi connectivity index (χ3n) is 6.86. The molecule has 2 saturated heterocycles. The van der Waals surface area contributed by atoms with E-state index in [1.807, 2.05) is 9.80 Å². The number of likely N-dealkylation sites (tertiary alicyclic amines) is 1. The minimum atomic E-state index is 0.0341. The molecule has 2 aliphatic rings. The first-order valence-corrected chi connectivity index (χ1v) is 13.0. The molecule has 4 rings (SSSR count). The quantitative estimate of drug-likeness (QED) is 0.617. The average molecular weight is 470 g/mol. The molecular weight excluding hydrogens is 434 g/mol. The van der Waals surface area contributed by atoms with E-state index < -0.39 is 0 Å². The summed E-state index contributed by atoms with van der Waals surface area (Å²) in [7, 11) is 0. The van der Waals surface area contributed by atoms with Gasteiger partial charge in [-0.3, -0.25) is 14.5 Å². The topological polar surface area (TPSA) is 53.1 Å². The Labute approximate surface area is 201 Å². The van der Waals surface area contributed by atoms with E-state index in [9.17, 15) is 9.59 Å². The Morgan fingerprint density at radius 1 is 1.00 bits per heavy atom. The summed E-state index contributed by atoms with van der Waals surface area (Å²) in [6, 6.07) is 12.0. The molecule has 2 aromatic rings. The molecule has 6 nitrogen and oxygen atoms in total. The van der Waals surface area contributed by atoms with E-state index in [1.165, 1.54) is 11.3 Å². The maximum atomic E-state index is 12.9. The first-order valence-electron chi connectivity index (χ1n) is 12.1. The summed E-state index contributed by atoms with van der Waals surface area (Å²) in [5, 5.41) is 2.12. The van der Waals surface area contributed by atoms with E-state index in [0.29, 0.717) is 11.3 Å². The first kappa shape index (κ1) is 23.8. The van der Waals surface area contributed by atoms with Crippen molar-refractivity contribution in [3.05, 3.63) is 52.2 Å². The van der Waals surface area contributed by atoms with Crippen LogP contribution in [-0.4, -0.2) is 77.9 Å². The molecule has 33 heavy (non-hydrogen) atoms. The predicted octanol–water partition coefficient (Wildman–Crippen LogP) is 3.92. The fraction of sp³-hybridized carbons (Fsp3) is 0.538. The third kappa shape index (κ3) is 6.15. The van der Waals surface area contributed by atoms with Crippen LogP contribution < -0.4 is 4.74 Å². The molecule has 2 fully saturated rings. The Morgan fingerprint density at radius 3 is 2.33 bits per heavy atom. The van der Waals surface area contributed by atoms with Crippen LogP contribution in [0.4, 0.5) is 0 Å². The number of rotatable bonds is 7. The highest BCUT2D eigenvalue weighted by Gasteiger charge is 2.29. The summed E-state index contributed by atoms with van der Waals surface area (Å²) in [6.07, 6.45) is 4.35. The number of carbonyl (C=O) groups excluding carboxylic acids is 2. The van der Waals surface area contributed by atoms with Crippen LogP contribution in [0.15, 0.2) is 41.8 Å². The zero-order valence-electron chi connectivity index (χ0n) is 19.7. The Morgan fingerprint density at radius 2 is 1.70 bits per heavy atom. The summed E-state index contributed by atoms with van der Waals surface area (Å²) < 4.78 is 5.75.